The average Bonchev–Trinajstić information content (AvgIpc) is 2.37. The Kier molecular flexibility index (Phi) is 4.85. The zero-order valence-electron chi connectivity index (χ0n) is 10.6. The van der Waals surface area contributed by atoms with Crippen molar-refractivity contribution >= 4 is 20.1 Å². The standard InChI is InChI=1S/C8H11F6NO5S2/c9-6(10,8(13,14)22(18,19)20)7(11,12)21(16,17)15-4-2-1-3-5-15/h1-5H2,(H,18,19,20)/p-1. The summed E-state index contributed by atoms with van der Waals surface area (Å²) in [7, 11) is -13.5. The Bertz CT molecular complexity index is 625. The van der Waals surface area contributed by atoms with E-state index in [2.05, 4.69) is 0 Å². The fourth-order valence-electron chi connectivity index (χ4n) is 1.76. The summed E-state index contributed by atoms with van der Waals surface area (Å²) >= 11 is 0. The first-order chi connectivity index (χ1) is 9.61. The van der Waals surface area contributed by atoms with Crippen LogP contribution in [0, 0.1) is 0 Å². The van der Waals surface area contributed by atoms with Gasteiger partial charge in [0, 0.05) is 13.1 Å². The summed E-state index contributed by atoms with van der Waals surface area (Å²) in [4.78, 5) is 0. The van der Waals surface area contributed by atoms with Crippen molar-refractivity contribution in [3.8, 4) is 0 Å². The lowest BCUT2D eigenvalue weighted by Crippen LogP contribution is -2.63. The number of halogens is 6. The number of hydrogen-bond acceptors (Lipinski definition) is 5. The quantitative estimate of drug-likeness (QED) is 0.529. The average molecular weight is 378 g/mol. The molecule has 0 atom stereocenters. The fourth-order valence-corrected chi connectivity index (χ4v) is 3.78. The van der Waals surface area contributed by atoms with Gasteiger partial charge in [0.25, 0.3) is 10.0 Å². The Hall–Kier alpha value is -0.600. The second kappa shape index (κ2) is 5.49. The second-order valence-corrected chi connectivity index (χ2v) is 7.93. The molecule has 0 aromatic heterocycles. The highest BCUT2D eigenvalue weighted by Crippen LogP contribution is 2.51. The topological polar surface area (TPSA) is 94.6 Å². The van der Waals surface area contributed by atoms with E-state index in [4.69, 9.17) is 0 Å². The van der Waals surface area contributed by atoms with Crippen LogP contribution in [0.5, 0.6) is 0 Å². The van der Waals surface area contributed by atoms with E-state index in [1.807, 2.05) is 0 Å². The highest BCUT2D eigenvalue weighted by molar-refractivity contribution is 7.90. The predicted molar refractivity (Wildman–Crippen MR) is 58.9 cm³/mol. The maximum Gasteiger partial charge on any atom is 0.428 e. The van der Waals surface area contributed by atoms with Gasteiger partial charge in [-0.15, -0.1) is 0 Å². The molecule has 1 aliphatic heterocycles. The van der Waals surface area contributed by atoms with Gasteiger partial charge in [-0.2, -0.15) is 30.6 Å². The largest absolute Gasteiger partial charge is 0.743 e. The summed E-state index contributed by atoms with van der Waals surface area (Å²) < 4.78 is 133. The number of piperidine rings is 1. The van der Waals surface area contributed by atoms with Crippen LogP contribution >= 0.6 is 0 Å². The van der Waals surface area contributed by atoms with Crippen molar-refractivity contribution in [2.75, 3.05) is 13.1 Å². The third kappa shape index (κ3) is 2.69. The third-order valence-corrected chi connectivity index (χ3v) is 5.86. The molecule has 0 aromatic rings. The minimum absolute atomic E-state index is 0.0388. The summed E-state index contributed by atoms with van der Waals surface area (Å²) in [5, 5.41) is -13.3. The van der Waals surface area contributed by atoms with Crippen molar-refractivity contribution in [3.63, 3.8) is 0 Å². The van der Waals surface area contributed by atoms with E-state index in [1.54, 1.807) is 0 Å². The fraction of sp³-hybridized carbons (Fsp3) is 1.00. The smallest absolute Gasteiger partial charge is 0.428 e. The maximum atomic E-state index is 13.5. The lowest BCUT2D eigenvalue weighted by Gasteiger charge is -2.36. The Morgan fingerprint density at radius 3 is 1.55 bits per heavy atom. The van der Waals surface area contributed by atoms with E-state index < -0.39 is 49.7 Å². The van der Waals surface area contributed by atoms with Gasteiger partial charge in [0.05, 0.1) is 0 Å². The molecule has 1 fully saturated rings. The molecule has 0 aromatic carbocycles. The Morgan fingerprint density at radius 1 is 0.773 bits per heavy atom. The van der Waals surface area contributed by atoms with Crippen LogP contribution in [0.15, 0.2) is 0 Å². The highest BCUT2D eigenvalue weighted by Gasteiger charge is 2.80. The third-order valence-electron chi connectivity index (χ3n) is 3.02. The van der Waals surface area contributed by atoms with Gasteiger partial charge in [0.15, 0.2) is 10.1 Å². The lowest BCUT2D eigenvalue weighted by atomic mass is 10.2. The predicted octanol–water partition coefficient (Wildman–Crippen LogP) is 1.17. The summed E-state index contributed by atoms with van der Waals surface area (Å²) in [6.45, 7) is -1.21. The van der Waals surface area contributed by atoms with E-state index in [0.717, 1.165) is 0 Å². The van der Waals surface area contributed by atoms with Crippen molar-refractivity contribution in [2.45, 2.75) is 35.7 Å². The molecule has 14 heteroatoms. The molecule has 6 nitrogen and oxygen atoms in total. The molecule has 0 unspecified atom stereocenters. The monoisotopic (exact) mass is 378 g/mol. The van der Waals surface area contributed by atoms with Crippen molar-refractivity contribution in [2.24, 2.45) is 0 Å². The first kappa shape index (κ1) is 19.4. The molecule has 1 saturated heterocycles. The number of hydrogen-bond donors (Lipinski definition) is 0. The van der Waals surface area contributed by atoms with Crippen molar-refractivity contribution in [1.82, 2.24) is 4.31 Å². The van der Waals surface area contributed by atoms with Gasteiger partial charge in [0.1, 0.15) is 0 Å². The minimum atomic E-state index is -7.23. The summed E-state index contributed by atoms with van der Waals surface area (Å²) in [5.74, 6) is -6.93. The van der Waals surface area contributed by atoms with Crippen LogP contribution in [0.3, 0.4) is 0 Å². The van der Waals surface area contributed by atoms with Crippen LogP contribution in [0.25, 0.3) is 0 Å². The SMILES string of the molecule is O=S(=O)([O-])C(F)(F)C(F)(F)C(F)(F)S(=O)(=O)N1CCCCC1. The van der Waals surface area contributed by atoms with Gasteiger partial charge < -0.3 is 4.55 Å². The second-order valence-electron chi connectivity index (χ2n) is 4.53. The van der Waals surface area contributed by atoms with Gasteiger partial charge in [-0.25, -0.2) is 16.8 Å². The number of alkyl halides is 6. The molecule has 0 bridgehead atoms. The van der Waals surface area contributed by atoms with Crippen LogP contribution in [-0.4, -0.2) is 55.2 Å². The Balaban J connectivity index is 3.37. The number of rotatable bonds is 5. The van der Waals surface area contributed by atoms with Crippen molar-refractivity contribution in [1.29, 1.82) is 0 Å². The van der Waals surface area contributed by atoms with E-state index in [1.165, 1.54) is 0 Å². The summed E-state index contributed by atoms with van der Waals surface area (Å²) in [6, 6.07) is 0. The molecule has 1 aliphatic rings. The first-order valence-corrected chi connectivity index (χ1v) is 8.54. The van der Waals surface area contributed by atoms with Crippen LogP contribution < -0.4 is 0 Å². The lowest BCUT2D eigenvalue weighted by molar-refractivity contribution is -0.247. The van der Waals surface area contributed by atoms with Gasteiger partial charge in [-0.1, -0.05) is 6.42 Å². The summed E-state index contributed by atoms with van der Waals surface area (Å²) in [6.07, 6.45) is 0.493. The molecule has 1 heterocycles. The van der Waals surface area contributed by atoms with Gasteiger partial charge in [-0.05, 0) is 12.8 Å². The van der Waals surface area contributed by atoms with Gasteiger partial charge in [0.2, 0.25) is 0 Å². The molecule has 1 rings (SSSR count). The highest BCUT2D eigenvalue weighted by atomic mass is 32.2. The number of sulfonamides is 1. The summed E-state index contributed by atoms with van der Waals surface area (Å²) in [5.41, 5.74) is 0. The molecular formula is C8H10F6NO5S2-. The number of nitrogens with zero attached hydrogens (tertiary/aromatic N) is 1. The van der Waals surface area contributed by atoms with E-state index in [9.17, 15) is 47.7 Å². The molecule has 0 radical (unpaired) electrons. The minimum Gasteiger partial charge on any atom is -0.743 e. The first-order valence-electron chi connectivity index (χ1n) is 5.69. The van der Waals surface area contributed by atoms with Crippen molar-refractivity contribution in [3.05, 3.63) is 0 Å². The molecule has 22 heavy (non-hydrogen) atoms. The van der Waals surface area contributed by atoms with Crippen LogP contribution in [-0.2, 0) is 20.1 Å². The molecule has 0 aliphatic carbocycles. The Labute approximate surface area is 121 Å². The molecular weight excluding hydrogens is 368 g/mol. The normalized spacial score (nSPS) is 20.1. The van der Waals surface area contributed by atoms with E-state index >= 15 is 0 Å². The van der Waals surface area contributed by atoms with E-state index in [0.29, 0.717) is 6.42 Å². The maximum absolute atomic E-state index is 13.5. The zero-order chi connectivity index (χ0) is 17.6. The van der Waals surface area contributed by atoms with Crippen LogP contribution in [0.4, 0.5) is 26.3 Å². The zero-order valence-corrected chi connectivity index (χ0v) is 12.2. The molecule has 0 N–H and O–H groups in total. The van der Waals surface area contributed by atoms with E-state index in [-0.39, 0.29) is 17.1 Å². The van der Waals surface area contributed by atoms with Crippen molar-refractivity contribution < 1.29 is 47.7 Å². The van der Waals surface area contributed by atoms with Gasteiger partial charge in [-0.3, -0.25) is 0 Å². The molecule has 132 valence electrons. The Morgan fingerprint density at radius 2 is 1.18 bits per heavy atom. The van der Waals surface area contributed by atoms with Crippen LogP contribution in [0.2, 0.25) is 0 Å². The molecule has 0 spiro atoms. The molecule has 0 amide bonds. The van der Waals surface area contributed by atoms with Crippen LogP contribution in [0.1, 0.15) is 19.3 Å². The molecule has 0 saturated carbocycles. The van der Waals surface area contributed by atoms with Gasteiger partial charge >= 0.3 is 16.4 Å².